The molecule has 0 bridgehead atoms. The van der Waals surface area contributed by atoms with Crippen LogP contribution in [-0.2, 0) is 16.2 Å². The molecule has 9 nitrogen and oxygen atoms in total. The Labute approximate surface area is 234 Å². The lowest BCUT2D eigenvalue weighted by Gasteiger charge is -2.19. The number of nitrogens with zero attached hydrogens (tertiary/aromatic N) is 2. The van der Waals surface area contributed by atoms with Gasteiger partial charge in [0.25, 0.3) is 11.8 Å². The Kier molecular flexibility index (Phi) is 11.1. The summed E-state index contributed by atoms with van der Waals surface area (Å²) >= 11 is 0. The molecular weight excluding hydrogens is 508 g/mol. The number of para-hydroxylation sites is 1. The summed E-state index contributed by atoms with van der Waals surface area (Å²) in [6.45, 7) is 5.84. The molecule has 0 heterocycles. The van der Waals surface area contributed by atoms with Crippen molar-refractivity contribution in [2.24, 2.45) is 11.0 Å². The SMILES string of the molecule is COc1cc(/C=N\NC(=O)[C@@H](CC(C)C)NC(=O)COc2ccccc2C)ccc1OCc1ccccc1C#N. The van der Waals surface area contributed by atoms with E-state index in [0.29, 0.717) is 34.8 Å². The zero-order valence-corrected chi connectivity index (χ0v) is 23.1. The molecule has 1 atom stereocenters. The monoisotopic (exact) mass is 542 g/mol. The minimum absolute atomic E-state index is 0.161. The number of ether oxygens (including phenoxy) is 3. The summed E-state index contributed by atoms with van der Waals surface area (Å²) in [5, 5.41) is 16.1. The molecule has 0 aromatic heterocycles. The second-order valence-corrected chi connectivity index (χ2v) is 9.51. The summed E-state index contributed by atoms with van der Waals surface area (Å²) in [4.78, 5) is 25.3. The molecule has 0 radical (unpaired) electrons. The van der Waals surface area contributed by atoms with E-state index < -0.39 is 17.9 Å². The van der Waals surface area contributed by atoms with Gasteiger partial charge in [0.1, 0.15) is 18.4 Å². The van der Waals surface area contributed by atoms with Crippen molar-refractivity contribution in [1.29, 1.82) is 5.26 Å². The molecular formula is C31H34N4O5. The zero-order valence-electron chi connectivity index (χ0n) is 23.1. The molecule has 3 aromatic carbocycles. The van der Waals surface area contributed by atoms with Crippen molar-refractivity contribution in [2.75, 3.05) is 13.7 Å². The maximum atomic E-state index is 12.8. The quantitative estimate of drug-likeness (QED) is 0.242. The number of hydrazone groups is 1. The van der Waals surface area contributed by atoms with Crippen molar-refractivity contribution < 1.29 is 23.8 Å². The van der Waals surface area contributed by atoms with E-state index in [4.69, 9.17) is 14.2 Å². The second-order valence-electron chi connectivity index (χ2n) is 9.51. The van der Waals surface area contributed by atoms with E-state index in [0.717, 1.165) is 11.1 Å². The van der Waals surface area contributed by atoms with Gasteiger partial charge in [-0.05, 0) is 60.7 Å². The van der Waals surface area contributed by atoms with Gasteiger partial charge in [-0.25, -0.2) is 5.43 Å². The highest BCUT2D eigenvalue weighted by molar-refractivity contribution is 5.89. The number of hydrogen-bond donors (Lipinski definition) is 2. The number of rotatable bonds is 13. The molecule has 0 unspecified atom stereocenters. The van der Waals surface area contributed by atoms with E-state index in [1.807, 2.05) is 51.1 Å². The fraction of sp³-hybridized carbons (Fsp3) is 0.290. The van der Waals surface area contributed by atoms with Gasteiger partial charge >= 0.3 is 0 Å². The molecule has 9 heteroatoms. The molecule has 0 aliphatic heterocycles. The van der Waals surface area contributed by atoms with Gasteiger partial charge < -0.3 is 19.5 Å². The van der Waals surface area contributed by atoms with E-state index in [1.54, 1.807) is 36.4 Å². The van der Waals surface area contributed by atoms with Gasteiger partial charge in [-0.2, -0.15) is 10.4 Å². The van der Waals surface area contributed by atoms with Crippen LogP contribution in [-0.4, -0.2) is 37.8 Å². The Morgan fingerprint density at radius 2 is 1.75 bits per heavy atom. The third-order valence-corrected chi connectivity index (χ3v) is 5.91. The fourth-order valence-corrected chi connectivity index (χ4v) is 3.84. The molecule has 208 valence electrons. The first kappa shape index (κ1) is 29.7. The van der Waals surface area contributed by atoms with Crippen molar-refractivity contribution in [3.05, 3.63) is 89.0 Å². The predicted molar refractivity (Wildman–Crippen MR) is 152 cm³/mol. The Hall–Kier alpha value is -4.84. The maximum absolute atomic E-state index is 12.8. The van der Waals surface area contributed by atoms with Crippen LogP contribution < -0.4 is 25.0 Å². The Morgan fingerprint density at radius 1 is 1.00 bits per heavy atom. The summed E-state index contributed by atoms with van der Waals surface area (Å²) < 4.78 is 16.9. The van der Waals surface area contributed by atoms with Crippen LogP contribution >= 0.6 is 0 Å². The van der Waals surface area contributed by atoms with Crippen molar-refractivity contribution in [3.8, 4) is 23.3 Å². The van der Waals surface area contributed by atoms with Gasteiger partial charge in [0, 0.05) is 5.56 Å². The number of methoxy groups -OCH3 is 1. The number of nitriles is 1. The van der Waals surface area contributed by atoms with Crippen LogP contribution in [0.25, 0.3) is 0 Å². The summed E-state index contributed by atoms with van der Waals surface area (Å²) in [5.41, 5.74) is 5.41. The first-order valence-corrected chi connectivity index (χ1v) is 12.9. The van der Waals surface area contributed by atoms with Crippen LogP contribution in [0.15, 0.2) is 71.8 Å². The van der Waals surface area contributed by atoms with E-state index in [1.165, 1.54) is 13.3 Å². The van der Waals surface area contributed by atoms with E-state index in [-0.39, 0.29) is 19.1 Å². The van der Waals surface area contributed by atoms with Crippen molar-refractivity contribution >= 4 is 18.0 Å². The highest BCUT2D eigenvalue weighted by Gasteiger charge is 2.22. The number of carbonyl (C=O) groups is 2. The fourth-order valence-electron chi connectivity index (χ4n) is 3.84. The summed E-state index contributed by atoms with van der Waals surface area (Å²) in [6, 6.07) is 21.2. The average Bonchev–Trinajstić information content (AvgIpc) is 2.95. The van der Waals surface area contributed by atoms with Crippen LogP contribution in [0.5, 0.6) is 17.2 Å². The van der Waals surface area contributed by atoms with Crippen molar-refractivity contribution in [3.63, 3.8) is 0 Å². The lowest BCUT2D eigenvalue weighted by atomic mass is 10.0. The maximum Gasteiger partial charge on any atom is 0.262 e. The first-order valence-electron chi connectivity index (χ1n) is 12.9. The minimum atomic E-state index is -0.772. The van der Waals surface area contributed by atoms with Crippen molar-refractivity contribution in [1.82, 2.24) is 10.7 Å². The molecule has 3 rings (SSSR count). The van der Waals surface area contributed by atoms with Crippen LogP contribution in [0.2, 0.25) is 0 Å². The summed E-state index contributed by atoms with van der Waals surface area (Å²) in [7, 11) is 1.52. The average molecular weight is 543 g/mol. The number of hydrogen-bond acceptors (Lipinski definition) is 7. The number of amides is 2. The standard InChI is InChI=1S/C31H34N4O5/c1-21(2)15-26(34-30(36)20-40-27-12-8-5-9-22(27)3)31(37)35-33-18-23-13-14-28(29(16-23)38-4)39-19-25-11-7-6-10-24(25)17-32/h5-14,16,18,21,26H,15,19-20H2,1-4H3,(H,34,36)(H,35,37)/b33-18-/t26-/m1/s1. The van der Waals surface area contributed by atoms with E-state index >= 15 is 0 Å². The van der Waals surface area contributed by atoms with Gasteiger partial charge in [-0.15, -0.1) is 0 Å². The Morgan fingerprint density at radius 3 is 2.48 bits per heavy atom. The number of aryl methyl sites for hydroxylation is 1. The van der Waals surface area contributed by atoms with Crippen LogP contribution in [0.1, 0.15) is 42.5 Å². The molecule has 0 spiro atoms. The van der Waals surface area contributed by atoms with Crippen molar-refractivity contribution in [2.45, 2.75) is 39.8 Å². The smallest absolute Gasteiger partial charge is 0.262 e. The van der Waals surface area contributed by atoms with Gasteiger partial charge in [0.15, 0.2) is 18.1 Å². The molecule has 2 amide bonds. The van der Waals surface area contributed by atoms with Gasteiger partial charge in [0.2, 0.25) is 0 Å². The molecule has 0 saturated heterocycles. The van der Waals surface area contributed by atoms with E-state index in [9.17, 15) is 14.9 Å². The van der Waals surface area contributed by atoms with Crippen LogP contribution in [0, 0.1) is 24.2 Å². The molecule has 0 saturated carbocycles. The molecule has 0 fully saturated rings. The summed E-state index contributed by atoms with van der Waals surface area (Å²) in [5.74, 6) is 0.926. The Bertz CT molecular complexity index is 1380. The number of carbonyl (C=O) groups excluding carboxylic acids is 2. The van der Waals surface area contributed by atoms with Gasteiger partial charge in [-0.1, -0.05) is 50.2 Å². The van der Waals surface area contributed by atoms with Gasteiger partial charge in [-0.3, -0.25) is 9.59 Å². The molecule has 0 aliphatic rings. The number of benzene rings is 3. The minimum Gasteiger partial charge on any atom is -0.493 e. The molecule has 3 aromatic rings. The van der Waals surface area contributed by atoms with E-state index in [2.05, 4.69) is 21.9 Å². The topological polar surface area (TPSA) is 122 Å². The number of nitrogens with one attached hydrogen (secondary N) is 2. The highest BCUT2D eigenvalue weighted by Crippen LogP contribution is 2.28. The second kappa shape index (κ2) is 14.9. The third-order valence-electron chi connectivity index (χ3n) is 5.91. The first-order chi connectivity index (χ1) is 19.3. The molecule has 0 aliphatic carbocycles. The zero-order chi connectivity index (χ0) is 28.9. The molecule has 2 N–H and O–H groups in total. The third kappa shape index (κ3) is 8.88. The lowest BCUT2D eigenvalue weighted by molar-refractivity contribution is -0.130. The van der Waals surface area contributed by atoms with Crippen LogP contribution in [0.4, 0.5) is 0 Å². The highest BCUT2D eigenvalue weighted by atomic mass is 16.5. The predicted octanol–water partition coefficient (Wildman–Crippen LogP) is 4.51. The Balaban J connectivity index is 1.58. The largest absolute Gasteiger partial charge is 0.493 e. The summed E-state index contributed by atoms with van der Waals surface area (Å²) in [6.07, 6.45) is 1.91. The van der Waals surface area contributed by atoms with Crippen LogP contribution in [0.3, 0.4) is 0 Å². The lowest BCUT2D eigenvalue weighted by Crippen LogP contribution is -2.47. The normalized spacial score (nSPS) is 11.5. The van der Waals surface area contributed by atoms with Gasteiger partial charge in [0.05, 0.1) is 25.0 Å². The molecule has 40 heavy (non-hydrogen) atoms.